The molecule has 0 saturated carbocycles. The molecule has 0 spiro atoms. The van der Waals surface area contributed by atoms with Gasteiger partial charge in [-0.1, -0.05) is 0 Å². The van der Waals surface area contributed by atoms with Crippen LogP contribution < -0.4 is 5.32 Å². The van der Waals surface area contributed by atoms with Gasteiger partial charge in [-0.05, 0) is 25.9 Å². The highest BCUT2D eigenvalue weighted by Crippen LogP contribution is 2.19. The molecule has 9 heteroatoms. The Balaban J connectivity index is 2.05. The van der Waals surface area contributed by atoms with Crippen molar-refractivity contribution in [3.05, 3.63) is 0 Å². The minimum atomic E-state index is -4.33. The van der Waals surface area contributed by atoms with Crippen LogP contribution in [0.3, 0.4) is 0 Å². The molecule has 1 fully saturated rings. The zero-order valence-electron chi connectivity index (χ0n) is 10.9. The smallest absolute Gasteiger partial charge is 0.371 e. The van der Waals surface area contributed by atoms with Gasteiger partial charge in [-0.2, -0.15) is 26.3 Å². The van der Waals surface area contributed by atoms with E-state index in [1.54, 1.807) is 0 Å². The lowest BCUT2D eigenvalue weighted by molar-refractivity contribution is -0.173. The first kappa shape index (κ1) is 17.5. The van der Waals surface area contributed by atoms with Crippen LogP contribution in [0, 0.1) is 0 Å². The topological polar surface area (TPSA) is 24.5 Å². The van der Waals surface area contributed by atoms with Crippen molar-refractivity contribution in [3.63, 3.8) is 0 Å². The average molecular weight is 308 g/mol. The molecule has 1 aliphatic heterocycles. The van der Waals surface area contributed by atoms with E-state index in [1.807, 2.05) is 0 Å². The van der Waals surface area contributed by atoms with E-state index in [0.717, 1.165) is 0 Å². The predicted molar refractivity (Wildman–Crippen MR) is 60.4 cm³/mol. The van der Waals surface area contributed by atoms with Gasteiger partial charge >= 0.3 is 12.4 Å². The second-order valence-corrected chi connectivity index (χ2v) is 4.79. The van der Waals surface area contributed by atoms with Gasteiger partial charge in [0.05, 0.1) is 13.2 Å². The minimum Gasteiger partial charge on any atom is -0.371 e. The Morgan fingerprint density at radius 1 is 1.00 bits per heavy atom. The maximum atomic E-state index is 12.2. The monoisotopic (exact) mass is 308 g/mol. The SMILES string of the molecule is FC(F)(F)COCCNC1CCN(CC(F)(F)F)CC1. The molecule has 1 heterocycles. The molecule has 0 atom stereocenters. The molecule has 1 saturated heterocycles. The Morgan fingerprint density at radius 3 is 2.10 bits per heavy atom. The molecule has 0 unspecified atom stereocenters. The van der Waals surface area contributed by atoms with E-state index in [0.29, 0.717) is 25.9 Å². The zero-order valence-corrected chi connectivity index (χ0v) is 10.9. The number of alkyl halides is 6. The van der Waals surface area contributed by atoms with Crippen LogP contribution in [-0.2, 0) is 4.74 Å². The summed E-state index contributed by atoms with van der Waals surface area (Å²) in [6.07, 6.45) is -7.42. The molecular formula is C11H18F6N2O. The Bertz CT molecular complexity index is 273. The van der Waals surface area contributed by atoms with Gasteiger partial charge in [0.25, 0.3) is 0 Å². The van der Waals surface area contributed by atoms with Crippen LogP contribution in [0.2, 0.25) is 0 Å². The molecule has 0 radical (unpaired) electrons. The first-order valence-electron chi connectivity index (χ1n) is 6.33. The summed E-state index contributed by atoms with van der Waals surface area (Å²) in [5.74, 6) is 0. The lowest BCUT2D eigenvalue weighted by Crippen LogP contribution is -2.46. The van der Waals surface area contributed by atoms with Crippen molar-refractivity contribution in [2.24, 2.45) is 0 Å². The minimum absolute atomic E-state index is 0.0361. The Labute approximate surface area is 113 Å². The van der Waals surface area contributed by atoms with E-state index >= 15 is 0 Å². The number of halogens is 6. The molecule has 0 aliphatic carbocycles. The Hall–Kier alpha value is -0.540. The van der Waals surface area contributed by atoms with Gasteiger partial charge in [0, 0.05) is 12.6 Å². The van der Waals surface area contributed by atoms with Crippen LogP contribution in [0.25, 0.3) is 0 Å². The van der Waals surface area contributed by atoms with Crippen molar-refractivity contribution < 1.29 is 31.1 Å². The highest BCUT2D eigenvalue weighted by atomic mass is 19.4. The van der Waals surface area contributed by atoms with Crippen molar-refractivity contribution in [3.8, 4) is 0 Å². The fourth-order valence-electron chi connectivity index (χ4n) is 2.07. The van der Waals surface area contributed by atoms with Gasteiger partial charge in [0.2, 0.25) is 0 Å². The molecule has 0 aromatic rings. The van der Waals surface area contributed by atoms with E-state index < -0.39 is 25.5 Å². The fourth-order valence-corrected chi connectivity index (χ4v) is 2.07. The highest BCUT2D eigenvalue weighted by molar-refractivity contribution is 4.78. The molecule has 20 heavy (non-hydrogen) atoms. The summed E-state index contributed by atoms with van der Waals surface area (Å²) >= 11 is 0. The summed E-state index contributed by atoms with van der Waals surface area (Å²) in [7, 11) is 0. The van der Waals surface area contributed by atoms with Crippen molar-refractivity contribution in [1.82, 2.24) is 10.2 Å². The van der Waals surface area contributed by atoms with Gasteiger partial charge < -0.3 is 10.1 Å². The third-order valence-corrected chi connectivity index (χ3v) is 2.94. The molecule has 0 aromatic heterocycles. The van der Waals surface area contributed by atoms with Crippen LogP contribution in [0.5, 0.6) is 0 Å². The Morgan fingerprint density at radius 2 is 1.60 bits per heavy atom. The molecule has 0 bridgehead atoms. The van der Waals surface area contributed by atoms with Gasteiger partial charge in [-0.25, -0.2) is 0 Å². The molecule has 1 N–H and O–H groups in total. The van der Waals surface area contributed by atoms with Gasteiger partial charge in [-0.3, -0.25) is 4.90 Å². The van der Waals surface area contributed by atoms with Crippen LogP contribution in [0.15, 0.2) is 0 Å². The lowest BCUT2D eigenvalue weighted by Gasteiger charge is -2.32. The number of nitrogens with one attached hydrogen (secondary N) is 1. The second kappa shape index (κ2) is 7.46. The van der Waals surface area contributed by atoms with Crippen molar-refractivity contribution in [1.29, 1.82) is 0 Å². The zero-order chi connectivity index (χ0) is 15.2. The maximum absolute atomic E-state index is 12.2. The van der Waals surface area contributed by atoms with E-state index in [9.17, 15) is 26.3 Å². The Kier molecular flexibility index (Phi) is 6.53. The molecule has 0 aromatic carbocycles. The quantitative estimate of drug-likeness (QED) is 0.601. The number of piperidine rings is 1. The molecule has 1 rings (SSSR count). The van der Waals surface area contributed by atoms with Gasteiger partial charge in [0.15, 0.2) is 0 Å². The second-order valence-electron chi connectivity index (χ2n) is 4.79. The van der Waals surface area contributed by atoms with E-state index in [2.05, 4.69) is 10.1 Å². The van der Waals surface area contributed by atoms with E-state index in [-0.39, 0.29) is 19.2 Å². The molecule has 120 valence electrons. The predicted octanol–water partition coefficient (Wildman–Crippen LogP) is 2.18. The third-order valence-electron chi connectivity index (χ3n) is 2.94. The first-order chi connectivity index (χ1) is 9.16. The number of ether oxygens (including phenoxy) is 1. The number of likely N-dealkylation sites (tertiary alicyclic amines) is 1. The highest BCUT2D eigenvalue weighted by Gasteiger charge is 2.32. The van der Waals surface area contributed by atoms with Gasteiger partial charge in [-0.15, -0.1) is 0 Å². The number of hydrogen-bond donors (Lipinski definition) is 1. The van der Waals surface area contributed by atoms with Gasteiger partial charge in [0.1, 0.15) is 6.61 Å². The summed E-state index contributed by atoms with van der Waals surface area (Å²) in [6, 6.07) is 0.0361. The third kappa shape index (κ3) is 8.60. The summed E-state index contributed by atoms with van der Waals surface area (Å²) in [4.78, 5) is 1.33. The fraction of sp³-hybridized carbons (Fsp3) is 1.00. The van der Waals surface area contributed by atoms with Crippen molar-refractivity contribution in [2.75, 3.05) is 39.4 Å². The number of hydrogen-bond acceptors (Lipinski definition) is 3. The standard InChI is InChI=1S/C11H18F6N2O/c12-10(13,14)7-19-4-1-9(2-5-19)18-3-6-20-8-11(15,16)17/h9,18H,1-8H2. The summed E-state index contributed by atoms with van der Waals surface area (Å²) < 4.78 is 76.2. The largest absolute Gasteiger partial charge is 0.411 e. The van der Waals surface area contributed by atoms with Crippen LogP contribution in [0.1, 0.15) is 12.8 Å². The molecular weight excluding hydrogens is 290 g/mol. The summed E-state index contributed by atoms with van der Waals surface area (Å²) in [6.45, 7) is -1.32. The van der Waals surface area contributed by atoms with Crippen LogP contribution in [-0.4, -0.2) is 62.7 Å². The number of nitrogens with zero attached hydrogens (tertiary/aromatic N) is 1. The first-order valence-corrected chi connectivity index (χ1v) is 6.33. The maximum Gasteiger partial charge on any atom is 0.411 e. The molecule has 1 aliphatic rings. The van der Waals surface area contributed by atoms with Crippen LogP contribution >= 0.6 is 0 Å². The average Bonchev–Trinajstić information content (AvgIpc) is 2.27. The van der Waals surface area contributed by atoms with Crippen LogP contribution in [0.4, 0.5) is 26.3 Å². The van der Waals surface area contributed by atoms with E-state index in [4.69, 9.17) is 0 Å². The summed E-state index contributed by atoms with van der Waals surface area (Å²) in [5, 5.41) is 2.99. The number of rotatable bonds is 6. The molecule has 3 nitrogen and oxygen atoms in total. The summed E-state index contributed by atoms with van der Waals surface area (Å²) in [5.41, 5.74) is 0. The molecule has 0 amide bonds. The van der Waals surface area contributed by atoms with E-state index in [1.165, 1.54) is 4.90 Å². The van der Waals surface area contributed by atoms with Crippen molar-refractivity contribution >= 4 is 0 Å². The normalized spacial score (nSPS) is 19.5. The lowest BCUT2D eigenvalue weighted by atomic mass is 10.1. The van der Waals surface area contributed by atoms with Crippen molar-refractivity contribution in [2.45, 2.75) is 31.2 Å².